The summed E-state index contributed by atoms with van der Waals surface area (Å²) in [6, 6.07) is 16.0. The number of rotatable bonds is 6. The van der Waals surface area contributed by atoms with Crippen LogP contribution in [0.15, 0.2) is 60.7 Å². The number of aryl methyl sites for hydroxylation is 1. The number of primary amides is 1. The molecule has 1 aliphatic rings. The summed E-state index contributed by atoms with van der Waals surface area (Å²) in [5.74, 6) is -2.19. The van der Waals surface area contributed by atoms with Gasteiger partial charge in [-0.2, -0.15) is 5.10 Å². The van der Waals surface area contributed by atoms with Crippen molar-refractivity contribution in [2.24, 2.45) is 18.7 Å². The van der Waals surface area contributed by atoms with Crippen molar-refractivity contribution >= 4 is 17.8 Å². The first kappa shape index (κ1) is 22.2. The van der Waals surface area contributed by atoms with Crippen LogP contribution in [-0.4, -0.2) is 51.7 Å². The summed E-state index contributed by atoms with van der Waals surface area (Å²) in [6.07, 6.45) is -0.686. The van der Waals surface area contributed by atoms with Crippen LogP contribution in [0.4, 0.5) is 4.39 Å². The fourth-order valence-corrected chi connectivity index (χ4v) is 4.00. The zero-order chi connectivity index (χ0) is 23.5. The van der Waals surface area contributed by atoms with Gasteiger partial charge in [0.25, 0.3) is 5.91 Å². The number of benzene rings is 2. The van der Waals surface area contributed by atoms with Crippen LogP contribution in [-0.2, 0) is 16.6 Å². The van der Waals surface area contributed by atoms with Gasteiger partial charge in [0.2, 0.25) is 5.91 Å². The number of likely N-dealkylation sites (tertiary alicyclic amines) is 1. The highest BCUT2D eigenvalue weighted by Crippen LogP contribution is 2.27. The number of aromatic nitrogens is 2. The Labute approximate surface area is 189 Å². The van der Waals surface area contributed by atoms with E-state index in [0.29, 0.717) is 16.8 Å². The van der Waals surface area contributed by atoms with E-state index in [-0.39, 0.29) is 36.9 Å². The molecule has 2 atom stereocenters. The van der Waals surface area contributed by atoms with Gasteiger partial charge in [-0.15, -0.1) is 0 Å². The van der Waals surface area contributed by atoms with E-state index in [1.54, 1.807) is 60.3 Å². The molecular weight excluding hydrogens is 427 g/mol. The van der Waals surface area contributed by atoms with Crippen LogP contribution in [0.1, 0.15) is 27.3 Å². The predicted octanol–water partition coefficient (Wildman–Crippen LogP) is 2.40. The molecule has 1 aliphatic heterocycles. The number of esters is 1. The molecule has 8 nitrogen and oxygen atoms in total. The van der Waals surface area contributed by atoms with Crippen molar-refractivity contribution in [3.05, 3.63) is 77.7 Å². The van der Waals surface area contributed by atoms with Crippen LogP contribution < -0.4 is 5.73 Å². The monoisotopic (exact) mass is 450 g/mol. The molecule has 0 radical (unpaired) electrons. The molecule has 0 saturated carbocycles. The first-order valence-electron chi connectivity index (χ1n) is 10.5. The molecule has 1 aromatic heterocycles. The summed E-state index contributed by atoms with van der Waals surface area (Å²) in [6.45, 7) is 0.328. The fraction of sp³-hybridized carbons (Fsp3) is 0.250. The van der Waals surface area contributed by atoms with E-state index in [4.69, 9.17) is 10.5 Å². The van der Waals surface area contributed by atoms with Gasteiger partial charge in [0.1, 0.15) is 11.9 Å². The maximum atomic E-state index is 13.3. The third-order valence-electron chi connectivity index (χ3n) is 5.64. The van der Waals surface area contributed by atoms with Gasteiger partial charge in [0.05, 0.1) is 17.8 Å². The Morgan fingerprint density at radius 1 is 1.09 bits per heavy atom. The minimum atomic E-state index is -0.672. The van der Waals surface area contributed by atoms with Crippen molar-refractivity contribution in [3.8, 4) is 11.3 Å². The fourth-order valence-electron chi connectivity index (χ4n) is 4.00. The van der Waals surface area contributed by atoms with E-state index < -0.39 is 23.9 Å². The molecule has 0 spiro atoms. The maximum Gasteiger partial charge on any atom is 0.338 e. The summed E-state index contributed by atoms with van der Waals surface area (Å²) < 4.78 is 20.4. The summed E-state index contributed by atoms with van der Waals surface area (Å²) in [5.41, 5.74) is 7.33. The number of nitrogens with zero attached hydrogens (tertiary/aromatic N) is 3. The molecule has 33 heavy (non-hydrogen) atoms. The van der Waals surface area contributed by atoms with Gasteiger partial charge in [0.15, 0.2) is 5.69 Å². The molecule has 0 aliphatic carbocycles. The Balaban J connectivity index is 1.52. The van der Waals surface area contributed by atoms with Crippen LogP contribution >= 0.6 is 0 Å². The first-order chi connectivity index (χ1) is 15.8. The lowest BCUT2D eigenvalue weighted by Gasteiger charge is -2.17. The minimum absolute atomic E-state index is 0.0143. The highest BCUT2D eigenvalue weighted by atomic mass is 19.1. The summed E-state index contributed by atoms with van der Waals surface area (Å²) in [7, 11) is 1.69. The number of halogens is 1. The molecule has 0 unspecified atom stereocenters. The van der Waals surface area contributed by atoms with Crippen molar-refractivity contribution in [2.75, 3.05) is 13.1 Å². The SMILES string of the molecule is Cn1nc(C(=O)N2C[C@H](CC(N)=O)[C@H](OC(=O)c3ccccc3)C2)cc1-c1ccc(F)cc1. The molecule has 1 saturated heterocycles. The molecule has 3 aromatic rings. The van der Waals surface area contributed by atoms with Gasteiger partial charge in [-0.25, -0.2) is 9.18 Å². The lowest BCUT2D eigenvalue weighted by molar-refractivity contribution is -0.119. The second-order valence-corrected chi connectivity index (χ2v) is 8.00. The third-order valence-corrected chi connectivity index (χ3v) is 5.64. The molecule has 2 amide bonds. The summed E-state index contributed by atoms with van der Waals surface area (Å²) in [4.78, 5) is 38.8. The smallest absolute Gasteiger partial charge is 0.338 e. The van der Waals surface area contributed by atoms with Crippen molar-refractivity contribution in [1.29, 1.82) is 0 Å². The number of nitrogens with two attached hydrogens (primary N) is 1. The van der Waals surface area contributed by atoms with Crippen molar-refractivity contribution in [2.45, 2.75) is 12.5 Å². The van der Waals surface area contributed by atoms with Gasteiger partial charge in [-0.1, -0.05) is 18.2 Å². The van der Waals surface area contributed by atoms with Crippen molar-refractivity contribution in [3.63, 3.8) is 0 Å². The topological polar surface area (TPSA) is 108 Å². The van der Waals surface area contributed by atoms with Crippen LogP contribution in [0.2, 0.25) is 0 Å². The number of ether oxygens (including phenoxy) is 1. The average Bonchev–Trinajstić information content (AvgIpc) is 3.37. The van der Waals surface area contributed by atoms with E-state index >= 15 is 0 Å². The second-order valence-electron chi connectivity index (χ2n) is 8.00. The van der Waals surface area contributed by atoms with Crippen LogP contribution in [0.5, 0.6) is 0 Å². The molecule has 2 aromatic carbocycles. The predicted molar refractivity (Wildman–Crippen MR) is 117 cm³/mol. The Morgan fingerprint density at radius 3 is 2.45 bits per heavy atom. The van der Waals surface area contributed by atoms with Gasteiger partial charge in [0, 0.05) is 25.9 Å². The molecule has 0 bridgehead atoms. The zero-order valence-electron chi connectivity index (χ0n) is 18.0. The van der Waals surface area contributed by atoms with E-state index in [9.17, 15) is 18.8 Å². The van der Waals surface area contributed by atoms with Gasteiger partial charge in [-0.3, -0.25) is 14.3 Å². The van der Waals surface area contributed by atoms with Crippen molar-refractivity contribution in [1.82, 2.24) is 14.7 Å². The standard InChI is InChI=1S/C24H23FN4O4/c1-28-20(15-7-9-18(25)10-8-15)12-19(27-28)23(31)29-13-17(11-22(26)30)21(14-29)33-24(32)16-5-3-2-4-6-16/h2-10,12,17,21H,11,13-14H2,1H3,(H2,26,30)/t17-,21+/m0/s1. The lowest BCUT2D eigenvalue weighted by Crippen LogP contribution is -2.31. The van der Waals surface area contributed by atoms with E-state index in [1.165, 1.54) is 17.0 Å². The highest BCUT2D eigenvalue weighted by molar-refractivity contribution is 5.94. The van der Waals surface area contributed by atoms with E-state index in [1.807, 2.05) is 0 Å². The first-order valence-corrected chi connectivity index (χ1v) is 10.5. The summed E-state index contributed by atoms with van der Waals surface area (Å²) >= 11 is 0. The largest absolute Gasteiger partial charge is 0.457 e. The molecule has 9 heteroatoms. The normalized spacial score (nSPS) is 17.7. The van der Waals surface area contributed by atoms with E-state index in [0.717, 1.165) is 0 Å². The van der Waals surface area contributed by atoms with Crippen LogP contribution in [0.3, 0.4) is 0 Å². The molecular formula is C24H23FN4O4. The van der Waals surface area contributed by atoms with Gasteiger partial charge in [-0.05, 0) is 48.0 Å². The Kier molecular flexibility index (Phi) is 6.21. The number of carbonyl (C=O) groups is 3. The van der Waals surface area contributed by atoms with Crippen molar-refractivity contribution < 1.29 is 23.5 Å². The molecule has 170 valence electrons. The molecule has 2 heterocycles. The Hall–Kier alpha value is -4.01. The lowest BCUT2D eigenvalue weighted by atomic mass is 10.0. The highest BCUT2D eigenvalue weighted by Gasteiger charge is 2.39. The average molecular weight is 450 g/mol. The zero-order valence-corrected chi connectivity index (χ0v) is 18.0. The van der Waals surface area contributed by atoms with Gasteiger partial charge < -0.3 is 15.4 Å². The third kappa shape index (κ3) is 4.92. The number of amides is 2. The number of hydrogen-bond donors (Lipinski definition) is 1. The molecule has 2 N–H and O–H groups in total. The minimum Gasteiger partial charge on any atom is -0.457 e. The maximum absolute atomic E-state index is 13.3. The number of hydrogen-bond acceptors (Lipinski definition) is 5. The van der Waals surface area contributed by atoms with Crippen LogP contribution in [0, 0.1) is 11.7 Å². The quantitative estimate of drug-likeness (QED) is 0.581. The van der Waals surface area contributed by atoms with Crippen LogP contribution in [0.25, 0.3) is 11.3 Å². The Bertz CT molecular complexity index is 1180. The molecule has 4 rings (SSSR count). The van der Waals surface area contributed by atoms with Gasteiger partial charge >= 0.3 is 5.97 Å². The Morgan fingerprint density at radius 2 is 1.79 bits per heavy atom. The number of carbonyl (C=O) groups excluding carboxylic acids is 3. The van der Waals surface area contributed by atoms with E-state index in [2.05, 4.69) is 5.10 Å². The molecule has 1 fully saturated rings. The second kappa shape index (κ2) is 9.23. The summed E-state index contributed by atoms with van der Waals surface area (Å²) in [5, 5.41) is 4.31.